The molecule has 1 unspecified atom stereocenters. The van der Waals surface area contributed by atoms with Gasteiger partial charge in [-0.25, -0.2) is 9.59 Å². The van der Waals surface area contributed by atoms with Crippen LogP contribution in [-0.4, -0.2) is 52.8 Å². The number of ether oxygens (including phenoxy) is 2. The van der Waals surface area contributed by atoms with Crippen LogP contribution < -0.4 is 10.1 Å². The van der Waals surface area contributed by atoms with Crippen molar-refractivity contribution in [2.45, 2.75) is 19.3 Å². The van der Waals surface area contributed by atoms with Gasteiger partial charge in [-0.3, -0.25) is 4.98 Å². The maximum Gasteiger partial charge on any atom is 0.334 e. The van der Waals surface area contributed by atoms with E-state index in [2.05, 4.69) is 10.3 Å². The molecule has 2 heterocycles. The van der Waals surface area contributed by atoms with Crippen molar-refractivity contribution >= 4 is 12.0 Å². The number of carbonyl (C=O) groups excluding carboxylic acids is 1. The zero-order chi connectivity index (χ0) is 19.1. The number of nitrogens with zero attached hydrogens (tertiary/aromatic N) is 2. The van der Waals surface area contributed by atoms with E-state index in [-0.39, 0.29) is 25.7 Å². The van der Waals surface area contributed by atoms with E-state index in [1.54, 1.807) is 18.5 Å². The molecule has 3 rings (SSSR count). The predicted molar refractivity (Wildman–Crippen MR) is 96.2 cm³/mol. The van der Waals surface area contributed by atoms with Crippen LogP contribution in [0.3, 0.4) is 0 Å². The SMILES string of the molecule is O=C(O)C1CN(C(=O)NCc2ccncc2OCc2ccccc2)CCO1. The molecule has 1 aromatic heterocycles. The minimum absolute atomic E-state index is 0.0227. The van der Waals surface area contributed by atoms with E-state index < -0.39 is 12.1 Å². The molecule has 8 heteroatoms. The zero-order valence-electron chi connectivity index (χ0n) is 14.7. The van der Waals surface area contributed by atoms with E-state index in [0.29, 0.717) is 18.9 Å². The summed E-state index contributed by atoms with van der Waals surface area (Å²) in [6.45, 7) is 1.22. The van der Waals surface area contributed by atoms with Gasteiger partial charge in [0, 0.05) is 24.8 Å². The first kappa shape index (κ1) is 18.7. The third-order valence-corrected chi connectivity index (χ3v) is 4.17. The van der Waals surface area contributed by atoms with Crippen LogP contribution in [0, 0.1) is 0 Å². The molecule has 1 aromatic carbocycles. The maximum atomic E-state index is 12.3. The van der Waals surface area contributed by atoms with Gasteiger partial charge in [0.05, 0.1) is 19.3 Å². The smallest absolute Gasteiger partial charge is 0.334 e. The molecule has 1 saturated heterocycles. The second-order valence-electron chi connectivity index (χ2n) is 6.06. The fourth-order valence-electron chi connectivity index (χ4n) is 2.69. The average Bonchev–Trinajstić information content (AvgIpc) is 2.72. The topological polar surface area (TPSA) is 101 Å². The summed E-state index contributed by atoms with van der Waals surface area (Å²) in [6.07, 6.45) is 2.25. The van der Waals surface area contributed by atoms with Crippen molar-refractivity contribution in [3.8, 4) is 5.75 Å². The average molecular weight is 371 g/mol. The highest BCUT2D eigenvalue weighted by Crippen LogP contribution is 2.18. The van der Waals surface area contributed by atoms with Crippen LogP contribution in [0.1, 0.15) is 11.1 Å². The summed E-state index contributed by atoms with van der Waals surface area (Å²) in [5.74, 6) is -0.481. The Morgan fingerprint density at radius 1 is 1.30 bits per heavy atom. The lowest BCUT2D eigenvalue weighted by Gasteiger charge is -2.30. The summed E-state index contributed by atoms with van der Waals surface area (Å²) < 4.78 is 11.0. The summed E-state index contributed by atoms with van der Waals surface area (Å²) >= 11 is 0. The Labute approximate surface area is 156 Å². The number of hydrogen-bond donors (Lipinski definition) is 2. The Morgan fingerprint density at radius 2 is 2.11 bits per heavy atom. The molecule has 2 N–H and O–H groups in total. The summed E-state index contributed by atoms with van der Waals surface area (Å²) in [7, 11) is 0. The number of benzene rings is 1. The van der Waals surface area contributed by atoms with Gasteiger partial charge in [-0.2, -0.15) is 0 Å². The van der Waals surface area contributed by atoms with Crippen LogP contribution in [0.4, 0.5) is 4.79 Å². The van der Waals surface area contributed by atoms with Gasteiger partial charge in [-0.1, -0.05) is 30.3 Å². The first-order valence-corrected chi connectivity index (χ1v) is 8.60. The summed E-state index contributed by atoms with van der Waals surface area (Å²) in [6, 6.07) is 11.2. The van der Waals surface area contributed by atoms with Gasteiger partial charge < -0.3 is 24.8 Å². The number of nitrogens with one attached hydrogen (secondary N) is 1. The van der Waals surface area contributed by atoms with Crippen LogP contribution in [0.5, 0.6) is 5.75 Å². The summed E-state index contributed by atoms with van der Waals surface area (Å²) in [5.41, 5.74) is 1.82. The molecule has 2 aromatic rings. The Morgan fingerprint density at radius 3 is 2.89 bits per heavy atom. The molecular formula is C19H21N3O5. The number of carboxylic acid groups (broad SMARTS) is 1. The standard InChI is InChI=1S/C19H21N3O5/c23-18(24)17-12-22(8-9-26-17)19(25)21-10-15-6-7-20-11-16(15)27-13-14-4-2-1-3-5-14/h1-7,11,17H,8-10,12-13H2,(H,21,25)(H,23,24). The second kappa shape index (κ2) is 9.00. The van der Waals surface area contributed by atoms with E-state index in [0.717, 1.165) is 11.1 Å². The van der Waals surface area contributed by atoms with Gasteiger partial charge in [0.1, 0.15) is 12.4 Å². The van der Waals surface area contributed by atoms with Crippen molar-refractivity contribution < 1.29 is 24.2 Å². The van der Waals surface area contributed by atoms with E-state index in [1.807, 2.05) is 30.3 Å². The molecular weight excluding hydrogens is 350 g/mol. The lowest BCUT2D eigenvalue weighted by Crippen LogP contribution is -2.51. The highest BCUT2D eigenvalue weighted by atomic mass is 16.5. The maximum absolute atomic E-state index is 12.3. The predicted octanol–water partition coefficient (Wildman–Crippen LogP) is 1.66. The van der Waals surface area contributed by atoms with Crippen molar-refractivity contribution in [2.24, 2.45) is 0 Å². The van der Waals surface area contributed by atoms with Crippen LogP contribution in [-0.2, 0) is 22.7 Å². The number of pyridine rings is 1. The first-order valence-electron chi connectivity index (χ1n) is 8.60. The Kier molecular flexibility index (Phi) is 6.22. The Bertz CT molecular complexity index is 784. The summed E-state index contributed by atoms with van der Waals surface area (Å²) in [4.78, 5) is 28.9. The lowest BCUT2D eigenvalue weighted by molar-refractivity contribution is -0.154. The molecule has 0 bridgehead atoms. The highest BCUT2D eigenvalue weighted by Gasteiger charge is 2.28. The molecule has 0 radical (unpaired) electrons. The largest absolute Gasteiger partial charge is 0.487 e. The number of rotatable bonds is 6. The third kappa shape index (κ3) is 5.18. The van der Waals surface area contributed by atoms with Gasteiger partial charge in [0.15, 0.2) is 6.10 Å². The van der Waals surface area contributed by atoms with Crippen LogP contribution in [0.25, 0.3) is 0 Å². The summed E-state index contributed by atoms with van der Waals surface area (Å²) in [5, 5.41) is 11.8. The number of morpholine rings is 1. The van der Waals surface area contributed by atoms with Crippen LogP contribution in [0.15, 0.2) is 48.8 Å². The minimum atomic E-state index is -1.07. The monoisotopic (exact) mass is 371 g/mol. The van der Waals surface area contributed by atoms with E-state index in [9.17, 15) is 9.59 Å². The normalized spacial score (nSPS) is 16.6. The fraction of sp³-hybridized carbons (Fsp3) is 0.316. The number of urea groups is 1. The number of aliphatic carboxylic acids is 1. The fourth-order valence-corrected chi connectivity index (χ4v) is 2.69. The Balaban J connectivity index is 1.56. The van der Waals surface area contributed by atoms with E-state index >= 15 is 0 Å². The Hall–Kier alpha value is -3.13. The van der Waals surface area contributed by atoms with Crippen molar-refractivity contribution in [3.05, 3.63) is 59.9 Å². The van der Waals surface area contributed by atoms with Gasteiger partial charge in [-0.05, 0) is 11.6 Å². The number of carbonyl (C=O) groups is 2. The van der Waals surface area contributed by atoms with Gasteiger partial charge in [0.2, 0.25) is 0 Å². The number of hydrogen-bond acceptors (Lipinski definition) is 5. The lowest BCUT2D eigenvalue weighted by atomic mass is 10.2. The molecule has 142 valence electrons. The van der Waals surface area contributed by atoms with Crippen LogP contribution >= 0.6 is 0 Å². The number of aromatic nitrogens is 1. The van der Waals surface area contributed by atoms with Crippen LogP contribution in [0.2, 0.25) is 0 Å². The number of amides is 2. The molecule has 1 aliphatic rings. The highest BCUT2D eigenvalue weighted by molar-refractivity contribution is 5.77. The molecule has 0 aliphatic carbocycles. The second-order valence-corrected chi connectivity index (χ2v) is 6.06. The molecule has 8 nitrogen and oxygen atoms in total. The molecule has 0 spiro atoms. The molecule has 27 heavy (non-hydrogen) atoms. The third-order valence-electron chi connectivity index (χ3n) is 4.17. The van der Waals surface area contributed by atoms with E-state index in [4.69, 9.17) is 14.6 Å². The molecule has 0 saturated carbocycles. The zero-order valence-corrected chi connectivity index (χ0v) is 14.7. The van der Waals surface area contributed by atoms with Crippen molar-refractivity contribution in [3.63, 3.8) is 0 Å². The van der Waals surface area contributed by atoms with Crippen molar-refractivity contribution in [1.82, 2.24) is 15.2 Å². The molecule has 1 fully saturated rings. The molecule has 1 atom stereocenters. The van der Waals surface area contributed by atoms with Gasteiger partial charge >= 0.3 is 12.0 Å². The minimum Gasteiger partial charge on any atom is -0.487 e. The number of carboxylic acids is 1. The van der Waals surface area contributed by atoms with Gasteiger partial charge in [0.25, 0.3) is 0 Å². The quantitative estimate of drug-likeness (QED) is 0.801. The van der Waals surface area contributed by atoms with Crippen molar-refractivity contribution in [1.29, 1.82) is 0 Å². The molecule has 1 aliphatic heterocycles. The van der Waals surface area contributed by atoms with E-state index in [1.165, 1.54) is 4.90 Å². The first-order chi connectivity index (χ1) is 13.1. The molecule has 2 amide bonds. The van der Waals surface area contributed by atoms with Gasteiger partial charge in [-0.15, -0.1) is 0 Å². The van der Waals surface area contributed by atoms with Crippen molar-refractivity contribution in [2.75, 3.05) is 19.7 Å².